The Morgan fingerprint density at radius 2 is 2.04 bits per heavy atom. The molecule has 4 heteroatoms. The van der Waals surface area contributed by atoms with Gasteiger partial charge in [0.25, 0.3) is 0 Å². The number of allylic oxidation sites excluding steroid dienone is 2. The lowest BCUT2D eigenvalue weighted by molar-refractivity contribution is -0.134. The molecular weight excluding hydrogens is 348 g/mol. The number of carbonyl (C=O) groups excluding carboxylic acids is 1. The largest absolute Gasteiger partial charge is 0.411 e. The Morgan fingerprint density at radius 3 is 2.79 bits per heavy atom. The van der Waals surface area contributed by atoms with Gasteiger partial charge in [-0.1, -0.05) is 31.2 Å². The first kappa shape index (κ1) is 20.1. The third-order valence-corrected chi connectivity index (χ3v) is 9.34. The maximum Gasteiger partial charge on any atom is 0.139 e. The number of fused-ring (bicyclic) bond motifs is 5. The topological polar surface area (TPSA) is 75.7 Å². The summed E-state index contributed by atoms with van der Waals surface area (Å²) < 4.78 is 0. The molecule has 0 radical (unpaired) electrons. The van der Waals surface area contributed by atoms with E-state index in [1.165, 1.54) is 19.3 Å². The predicted molar refractivity (Wildman–Crippen MR) is 112 cm³/mol. The molecule has 4 saturated carbocycles. The molecule has 3 N–H and O–H groups in total. The van der Waals surface area contributed by atoms with E-state index in [1.807, 2.05) is 0 Å². The van der Waals surface area contributed by atoms with Gasteiger partial charge in [-0.05, 0) is 93.4 Å². The van der Waals surface area contributed by atoms with Crippen LogP contribution in [-0.2, 0) is 4.79 Å². The van der Waals surface area contributed by atoms with Crippen LogP contribution in [0.15, 0.2) is 17.3 Å². The van der Waals surface area contributed by atoms with Crippen molar-refractivity contribution >= 4 is 11.5 Å². The molecule has 156 valence electrons. The number of oxime groups is 1. The van der Waals surface area contributed by atoms with Crippen molar-refractivity contribution in [1.82, 2.24) is 0 Å². The highest BCUT2D eigenvalue weighted by atomic mass is 16.4. The molecule has 0 aromatic heterocycles. The molecule has 4 rings (SSSR count). The summed E-state index contributed by atoms with van der Waals surface area (Å²) >= 11 is 0. The second-order valence-corrected chi connectivity index (χ2v) is 10.5. The van der Waals surface area contributed by atoms with Crippen LogP contribution in [-0.4, -0.2) is 23.2 Å². The first-order valence-corrected chi connectivity index (χ1v) is 11.5. The third kappa shape index (κ3) is 3.07. The van der Waals surface area contributed by atoms with Crippen molar-refractivity contribution in [2.24, 2.45) is 51.3 Å². The highest BCUT2D eigenvalue weighted by Crippen LogP contribution is 2.65. The predicted octanol–water partition coefficient (Wildman–Crippen LogP) is 4.95. The number of hydrogen-bond donors (Lipinski definition) is 2. The van der Waals surface area contributed by atoms with E-state index < -0.39 is 0 Å². The monoisotopic (exact) mass is 386 g/mol. The molecule has 0 aromatic rings. The van der Waals surface area contributed by atoms with Crippen LogP contribution in [0.25, 0.3) is 0 Å². The lowest BCUT2D eigenvalue weighted by Crippen LogP contribution is -2.56. The maximum absolute atomic E-state index is 12.6. The van der Waals surface area contributed by atoms with E-state index in [0.717, 1.165) is 57.2 Å². The third-order valence-electron chi connectivity index (χ3n) is 9.34. The van der Waals surface area contributed by atoms with Gasteiger partial charge in [0.1, 0.15) is 5.78 Å². The maximum atomic E-state index is 12.6. The van der Waals surface area contributed by atoms with Gasteiger partial charge in [-0.15, -0.1) is 0 Å². The number of ketones is 1. The van der Waals surface area contributed by atoms with Crippen molar-refractivity contribution < 1.29 is 10.0 Å². The van der Waals surface area contributed by atoms with Gasteiger partial charge in [0, 0.05) is 17.8 Å². The zero-order valence-electron chi connectivity index (χ0n) is 17.7. The molecule has 0 aliphatic heterocycles. The Labute approximate surface area is 170 Å². The summed E-state index contributed by atoms with van der Waals surface area (Å²) in [6, 6.07) is 0. The summed E-state index contributed by atoms with van der Waals surface area (Å²) in [6.45, 7) is 5.44. The number of carbonyl (C=O) groups is 1. The molecule has 0 aromatic carbocycles. The first-order valence-electron chi connectivity index (χ1n) is 11.5. The van der Waals surface area contributed by atoms with E-state index in [4.69, 9.17) is 5.73 Å². The van der Waals surface area contributed by atoms with Crippen LogP contribution in [0.3, 0.4) is 0 Å². The highest BCUT2D eigenvalue weighted by molar-refractivity contribution is 5.90. The fourth-order valence-corrected chi connectivity index (χ4v) is 7.68. The van der Waals surface area contributed by atoms with Gasteiger partial charge in [0.05, 0.1) is 5.71 Å². The highest BCUT2D eigenvalue weighted by Gasteiger charge is 2.61. The summed E-state index contributed by atoms with van der Waals surface area (Å²) in [4.78, 5) is 12.6. The zero-order valence-corrected chi connectivity index (χ0v) is 17.7. The molecule has 0 bridgehead atoms. The van der Waals surface area contributed by atoms with Crippen LogP contribution in [0.1, 0.15) is 78.1 Å². The molecule has 0 amide bonds. The molecule has 4 aliphatic rings. The normalized spacial score (nSPS) is 47.2. The molecule has 28 heavy (non-hydrogen) atoms. The van der Waals surface area contributed by atoms with E-state index in [9.17, 15) is 10.0 Å². The minimum atomic E-state index is -0.117. The van der Waals surface area contributed by atoms with Crippen molar-refractivity contribution in [2.45, 2.75) is 78.1 Å². The fraction of sp³-hybridized carbons (Fsp3) is 0.833. The first-order chi connectivity index (χ1) is 13.4. The zero-order chi connectivity index (χ0) is 19.9. The van der Waals surface area contributed by atoms with Gasteiger partial charge in [-0.3, -0.25) is 4.79 Å². The summed E-state index contributed by atoms with van der Waals surface area (Å²) in [5.41, 5.74) is 6.73. The Morgan fingerprint density at radius 1 is 1.21 bits per heavy atom. The lowest BCUT2D eigenvalue weighted by atomic mass is 9.44. The number of Topliss-reactive ketones (excluding diaryl/α,β-unsaturated/α-hetero) is 1. The van der Waals surface area contributed by atoms with Crippen molar-refractivity contribution in [1.29, 1.82) is 0 Å². The molecular formula is C24H38N2O2. The Hall–Kier alpha value is -1.16. The van der Waals surface area contributed by atoms with Gasteiger partial charge < -0.3 is 10.9 Å². The second-order valence-electron chi connectivity index (χ2n) is 10.5. The minimum absolute atomic E-state index is 0.117. The van der Waals surface area contributed by atoms with E-state index in [1.54, 1.807) is 0 Å². The van der Waals surface area contributed by atoms with Crippen molar-refractivity contribution in [3.05, 3.63) is 12.2 Å². The Bertz CT molecular complexity index is 672. The molecule has 7 atom stereocenters. The molecule has 0 saturated heterocycles. The van der Waals surface area contributed by atoms with E-state index >= 15 is 0 Å². The molecule has 0 heterocycles. The van der Waals surface area contributed by atoms with Gasteiger partial charge in [0.15, 0.2) is 0 Å². The SMILES string of the molecule is C[C@]12CC[C@H](/C=C\CCCN)CC1/C(=N/O)C[C@@H]1[C@@H]2CC[C@]2(C)C(=O)CC[C@@H]12. The summed E-state index contributed by atoms with van der Waals surface area (Å²) in [6.07, 6.45) is 15.3. The summed E-state index contributed by atoms with van der Waals surface area (Å²) in [5, 5.41) is 13.8. The van der Waals surface area contributed by atoms with E-state index in [-0.39, 0.29) is 10.8 Å². The average molecular weight is 387 g/mol. The molecule has 1 unspecified atom stereocenters. The van der Waals surface area contributed by atoms with Crippen LogP contribution in [0.5, 0.6) is 0 Å². The second kappa shape index (κ2) is 7.59. The standard InChI is InChI=1S/C24H38N2O2/c1-23-11-9-16(6-4-3-5-13-25)14-20(23)21(26-28)15-17-18-7-8-22(27)24(18,2)12-10-19(17)23/h4,6,16-20,28H,3,5,7-15,25H2,1-2H3/b6-4-,26-21+/t16-,17-,18-,19-,20?,23+,24-/m0/s1. The van der Waals surface area contributed by atoms with E-state index in [2.05, 4.69) is 31.2 Å². The molecule has 4 nitrogen and oxygen atoms in total. The molecule has 4 aliphatic carbocycles. The number of nitrogens with two attached hydrogens (primary N) is 1. The quantitative estimate of drug-likeness (QED) is 0.311. The number of nitrogens with zero attached hydrogens (tertiary/aromatic N) is 1. The fourth-order valence-electron chi connectivity index (χ4n) is 7.68. The number of hydrogen-bond acceptors (Lipinski definition) is 4. The van der Waals surface area contributed by atoms with Gasteiger partial charge >= 0.3 is 0 Å². The average Bonchev–Trinajstić information content (AvgIpc) is 3.00. The van der Waals surface area contributed by atoms with Gasteiger partial charge in [-0.25, -0.2) is 0 Å². The van der Waals surface area contributed by atoms with Crippen LogP contribution < -0.4 is 5.73 Å². The van der Waals surface area contributed by atoms with Gasteiger partial charge in [-0.2, -0.15) is 0 Å². The van der Waals surface area contributed by atoms with Crippen LogP contribution in [0, 0.1) is 40.4 Å². The minimum Gasteiger partial charge on any atom is -0.411 e. The summed E-state index contributed by atoms with van der Waals surface area (Å²) in [5.74, 6) is 3.14. The van der Waals surface area contributed by atoms with Crippen molar-refractivity contribution in [2.75, 3.05) is 6.54 Å². The Balaban J connectivity index is 1.56. The van der Waals surface area contributed by atoms with Crippen LogP contribution >= 0.6 is 0 Å². The van der Waals surface area contributed by atoms with Crippen molar-refractivity contribution in [3.8, 4) is 0 Å². The van der Waals surface area contributed by atoms with Crippen molar-refractivity contribution in [3.63, 3.8) is 0 Å². The van der Waals surface area contributed by atoms with Gasteiger partial charge in [0.2, 0.25) is 0 Å². The Kier molecular flexibility index (Phi) is 5.45. The number of unbranched alkanes of at least 4 members (excludes halogenated alkanes) is 1. The van der Waals surface area contributed by atoms with Crippen LogP contribution in [0.4, 0.5) is 0 Å². The van der Waals surface area contributed by atoms with E-state index in [0.29, 0.717) is 35.4 Å². The molecule has 4 fully saturated rings. The summed E-state index contributed by atoms with van der Waals surface area (Å²) in [7, 11) is 0. The molecule has 0 spiro atoms. The number of rotatable bonds is 4. The lowest BCUT2D eigenvalue weighted by Gasteiger charge is -2.60. The van der Waals surface area contributed by atoms with Crippen LogP contribution in [0.2, 0.25) is 0 Å². The smallest absolute Gasteiger partial charge is 0.139 e.